The number of hydrogen-bond acceptors (Lipinski definition) is 4. The Labute approximate surface area is 177 Å². The number of imidazole rings is 1. The van der Waals surface area contributed by atoms with Crippen LogP contribution < -0.4 is 20.1 Å². The fourth-order valence-corrected chi connectivity index (χ4v) is 3.77. The molecule has 1 unspecified atom stereocenters. The van der Waals surface area contributed by atoms with Crippen LogP contribution in [0.4, 0.5) is 0 Å². The van der Waals surface area contributed by atoms with Gasteiger partial charge in [-0.3, -0.25) is 4.99 Å². The predicted molar refractivity (Wildman–Crippen MR) is 118 cm³/mol. The van der Waals surface area contributed by atoms with Crippen molar-refractivity contribution in [1.29, 1.82) is 0 Å². The first-order valence-corrected chi connectivity index (χ1v) is 10.4. The van der Waals surface area contributed by atoms with E-state index in [0.29, 0.717) is 25.7 Å². The fraction of sp³-hybridized carbons (Fsp3) is 0.391. The number of pyridine rings is 1. The molecule has 2 N–H and O–H groups in total. The number of fused-ring (bicyclic) bond motifs is 2. The average molecular weight is 408 g/mol. The van der Waals surface area contributed by atoms with Gasteiger partial charge in [0.1, 0.15) is 23.3 Å². The molecule has 7 heteroatoms. The second kappa shape index (κ2) is 8.65. The Morgan fingerprint density at radius 3 is 2.90 bits per heavy atom. The zero-order valence-electron chi connectivity index (χ0n) is 18.0. The van der Waals surface area contributed by atoms with E-state index >= 15 is 0 Å². The van der Waals surface area contributed by atoms with Gasteiger partial charge in [-0.2, -0.15) is 0 Å². The maximum Gasteiger partial charge on any atom is 0.191 e. The first-order valence-electron chi connectivity index (χ1n) is 10.4. The first kappa shape index (κ1) is 20.1. The van der Waals surface area contributed by atoms with Gasteiger partial charge in [0, 0.05) is 43.0 Å². The molecule has 0 amide bonds. The van der Waals surface area contributed by atoms with E-state index in [-0.39, 0.29) is 6.10 Å². The molecule has 0 spiro atoms. The number of hydrogen-bond donors (Lipinski definition) is 2. The smallest absolute Gasteiger partial charge is 0.191 e. The summed E-state index contributed by atoms with van der Waals surface area (Å²) in [6, 6.07) is 10.3. The number of aromatic nitrogens is 2. The standard InChI is InChI=1S/C23H29N5O2/c1-5-29-20-10-17-9-16(3)30-21(17)11-18(20)12-25-23(24-4)26-13-19-14-28-15(2)7-6-8-22(28)27-19/h6-8,10-11,14,16H,5,9,12-13H2,1-4H3,(H2,24,25,26). The first-order chi connectivity index (χ1) is 14.6. The summed E-state index contributed by atoms with van der Waals surface area (Å²) < 4.78 is 13.9. The fourth-order valence-electron chi connectivity index (χ4n) is 3.77. The summed E-state index contributed by atoms with van der Waals surface area (Å²) >= 11 is 0. The van der Waals surface area contributed by atoms with E-state index in [1.54, 1.807) is 7.05 Å². The van der Waals surface area contributed by atoms with Crippen molar-refractivity contribution in [1.82, 2.24) is 20.0 Å². The van der Waals surface area contributed by atoms with Crippen molar-refractivity contribution in [3.63, 3.8) is 0 Å². The van der Waals surface area contributed by atoms with Crippen LogP contribution in [0.15, 0.2) is 41.5 Å². The summed E-state index contributed by atoms with van der Waals surface area (Å²) in [5.74, 6) is 2.56. The number of nitrogens with zero attached hydrogens (tertiary/aromatic N) is 3. The molecule has 4 rings (SSSR count). The van der Waals surface area contributed by atoms with Gasteiger partial charge in [0.05, 0.1) is 18.8 Å². The van der Waals surface area contributed by atoms with Gasteiger partial charge in [-0.1, -0.05) is 6.07 Å². The van der Waals surface area contributed by atoms with Crippen LogP contribution in [-0.2, 0) is 19.5 Å². The Kier molecular flexibility index (Phi) is 5.79. The van der Waals surface area contributed by atoms with Crippen molar-refractivity contribution >= 4 is 11.6 Å². The van der Waals surface area contributed by atoms with E-state index < -0.39 is 0 Å². The van der Waals surface area contributed by atoms with E-state index in [0.717, 1.165) is 40.5 Å². The highest BCUT2D eigenvalue weighted by Gasteiger charge is 2.22. The number of aliphatic imine (C=N–C) groups is 1. The number of aryl methyl sites for hydroxylation is 1. The molecule has 1 aromatic carbocycles. The summed E-state index contributed by atoms with van der Waals surface area (Å²) in [7, 11) is 1.76. The average Bonchev–Trinajstić information content (AvgIpc) is 3.31. The highest BCUT2D eigenvalue weighted by molar-refractivity contribution is 5.79. The number of rotatable bonds is 6. The van der Waals surface area contributed by atoms with Crippen molar-refractivity contribution in [3.8, 4) is 11.5 Å². The highest BCUT2D eigenvalue weighted by Crippen LogP contribution is 2.35. The summed E-state index contributed by atoms with van der Waals surface area (Å²) in [5, 5.41) is 6.71. The molecule has 0 radical (unpaired) electrons. The van der Waals surface area contributed by atoms with E-state index in [1.165, 1.54) is 5.56 Å². The second-order valence-corrected chi connectivity index (χ2v) is 7.54. The monoisotopic (exact) mass is 407 g/mol. The summed E-state index contributed by atoms with van der Waals surface area (Å²) in [6.45, 7) is 7.96. The lowest BCUT2D eigenvalue weighted by molar-refractivity contribution is 0.254. The lowest BCUT2D eigenvalue weighted by atomic mass is 10.1. The molecule has 2 aromatic heterocycles. The van der Waals surface area contributed by atoms with E-state index in [1.807, 2.05) is 19.1 Å². The summed E-state index contributed by atoms with van der Waals surface area (Å²) in [5.41, 5.74) is 5.33. The number of nitrogens with one attached hydrogen (secondary N) is 2. The summed E-state index contributed by atoms with van der Waals surface area (Å²) in [4.78, 5) is 9.00. The maximum atomic E-state index is 5.92. The Hall–Kier alpha value is -3.22. The van der Waals surface area contributed by atoms with Crippen LogP contribution in [0.2, 0.25) is 0 Å². The topological polar surface area (TPSA) is 72.2 Å². The van der Waals surface area contributed by atoms with Gasteiger partial charge in [0.15, 0.2) is 5.96 Å². The van der Waals surface area contributed by atoms with Crippen molar-refractivity contribution < 1.29 is 9.47 Å². The molecule has 0 saturated carbocycles. The third kappa shape index (κ3) is 4.20. The van der Waals surface area contributed by atoms with Crippen LogP contribution in [0.5, 0.6) is 11.5 Å². The van der Waals surface area contributed by atoms with Crippen molar-refractivity contribution in [3.05, 3.63) is 59.0 Å². The van der Waals surface area contributed by atoms with Gasteiger partial charge in [-0.05, 0) is 45.0 Å². The Morgan fingerprint density at radius 1 is 1.30 bits per heavy atom. The second-order valence-electron chi connectivity index (χ2n) is 7.54. The van der Waals surface area contributed by atoms with Crippen LogP contribution in [0.25, 0.3) is 5.65 Å². The van der Waals surface area contributed by atoms with Gasteiger partial charge in [-0.25, -0.2) is 4.98 Å². The minimum atomic E-state index is 0.209. The van der Waals surface area contributed by atoms with E-state index in [9.17, 15) is 0 Å². The highest BCUT2D eigenvalue weighted by atomic mass is 16.5. The largest absolute Gasteiger partial charge is 0.494 e. The van der Waals surface area contributed by atoms with Crippen LogP contribution in [0.3, 0.4) is 0 Å². The molecular formula is C23H29N5O2. The number of benzene rings is 1. The third-order valence-electron chi connectivity index (χ3n) is 5.23. The van der Waals surface area contributed by atoms with Gasteiger partial charge in [0.2, 0.25) is 0 Å². The third-order valence-corrected chi connectivity index (χ3v) is 5.23. The van der Waals surface area contributed by atoms with E-state index in [2.05, 4.69) is 63.3 Å². The van der Waals surface area contributed by atoms with Gasteiger partial charge >= 0.3 is 0 Å². The van der Waals surface area contributed by atoms with Crippen LogP contribution >= 0.6 is 0 Å². The molecule has 3 aromatic rings. The lowest BCUT2D eigenvalue weighted by Gasteiger charge is -2.15. The minimum Gasteiger partial charge on any atom is -0.494 e. The van der Waals surface area contributed by atoms with Crippen LogP contribution in [0, 0.1) is 6.92 Å². The van der Waals surface area contributed by atoms with Gasteiger partial charge < -0.3 is 24.5 Å². The zero-order chi connectivity index (χ0) is 21.1. The molecule has 30 heavy (non-hydrogen) atoms. The number of ether oxygens (including phenoxy) is 2. The van der Waals surface area contributed by atoms with Crippen molar-refractivity contribution in [2.24, 2.45) is 4.99 Å². The van der Waals surface area contributed by atoms with E-state index in [4.69, 9.17) is 9.47 Å². The molecule has 0 bridgehead atoms. The summed E-state index contributed by atoms with van der Waals surface area (Å²) in [6.07, 6.45) is 3.18. The molecule has 1 atom stereocenters. The predicted octanol–water partition coefficient (Wildman–Crippen LogP) is 3.23. The number of guanidine groups is 1. The van der Waals surface area contributed by atoms with Gasteiger partial charge in [0.25, 0.3) is 0 Å². The molecule has 1 aliphatic rings. The van der Waals surface area contributed by atoms with Crippen molar-refractivity contribution in [2.45, 2.75) is 46.4 Å². The molecule has 0 aliphatic carbocycles. The molecule has 158 valence electrons. The minimum absolute atomic E-state index is 0.209. The Balaban J connectivity index is 1.42. The molecule has 0 saturated heterocycles. The Bertz CT molecular complexity index is 1070. The van der Waals surface area contributed by atoms with Crippen LogP contribution in [-0.4, -0.2) is 35.1 Å². The van der Waals surface area contributed by atoms with Crippen molar-refractivity contribution in [2.75, 3.05) is 13.7 Å². The molecule has 3 heterocycles. The maximum absolute atomic E-state index is 5.92. The lowest BCUT2D eigenvalue weighted by Crippen LogP contribution is -2.36. The zero-order valence-corrected chi connectivity index (χ0v) is 18.0. The van der Waals surface area contributed by atoms with Crippen LogP contribution in [0.1, 0.15) is 36.4 Å². The van der Waals surface area contributed by atoms with Gasteiger partial charge in [-0.15, -0.1) is 0 Å². The molecule has 1 aliphatic heterocycles. The SMILES string of the molecule is CCOc1cc2c(cc1CNC(=NC)NCc1cn3c(C)cccc3n1)OC(C)C2. The quantitative estimate of drug-likeness (QED) is 0.485. The molecule has 0 fully saturated rings. The normalized spacial score (nSPS) is 15.7. The Morgan fingerprint density at radius 2 is 2.13 bits per heavy atom. The molecule has 7 nitrogen and oxygen atoms in total. The molecular weight excluding hydrogens is 378 g/mol.